The van der Waals surface area contributed by atoms with E-state index in [-0.39, 0.29) is 28.9 Å². The van der Waals surface area contributed by atoms with Gasteiger partial charge in [0, 0.05) is 38.9 Å². The third kappa shape index (κ3) is 8.19. The average Bonchev–Trinajstić information content (AvgIpc) is 2.67. The zero-order chi connectivity index (χ0) is 20.6. The van der Waals surface area contributed by atoms with Gasteiger partial charge in [-0.2, -0.15) is 0 Å². The molecule has 0 amide bonds. The van der Waals surface area contributed by atoms with Crippen LogP contribution in [0, 0.1) is 6.92 Å². The van der Waals surface area contributed by atoms with E-state index in [9.17, 15) is 8.42 Å². The second-order valence-electron chi connectivity index (χ2n) is 6.46. The number of aliphatic imine (C=N–C) groups is 1. The SMILES string of the molecule is CCN(CCNC(=NC)NCc1ccc(S(N)(=O)=O)cc1)c1cccc(C)c1.I. The second-order valence-corrected chi connectivity index (χ2v) is 8.02. The number of aryl methyl sites for hydroxylation is 1. The number of likely N-dealkylation sites (N-methyl/N-ethyl adjacent to an activating group) is 1. The van der Waals surface area contributed by atoms with Crippen molar-refractivity contribution in [3.8, 4) is 0 Å². The van der Waals surface area contributed by atoms with Crippen molar-refractivity contribution in [2.75, 3.05) is 31.6 Å². The fourth-order valence-electron chi connectivity index (χ4n) is 2.81. The van der Waals surface area contributed by atoms with Gasteiger partial charge in [0.15, 0.2) is 5.96 Å². The van der Waals surface area contributed by atoms with Crippen LogP contribution in [0.25, 0.3) is 0 Å². The number of halogens is 1. The number of nitrogens with two attached hydrogens (primary N) is 1. The topological polar surface area (TPSA) is 99.8 Å². The fraction of sp³-hybridized carbons (Fsp3) is 0.350. The number of rotatable bonds is 8. The summed E-state index contributed by atoms with van der Waals surface area (Å²) >= 11 is 0. The van der Waals surface area contributed by atoms with Crippen molar-refractivity contribution >= 4 is 45.6 Å². The lowest BCUT2D eigenvalue weighted by molar-refractivity contribution is 0.597. The zero-order valence-electron chi connectivity index (χ0n) is 17.1. The molecular weight excluding hydrogens is 501 g/mol. The van der Waals surface area contributed by atoms with Crippen LogP contribution in [0.15, 0.2) is 58.4 Å². The molecule has 0 atom stereocenters. The van der Waals surface area contributed by atoms with E-state index in [1.54, 1.807) is 19.2 Å². The molecule has 0 bridgehead atoms. The van der Waals surface area contributed by atoms with Crippen molar-refractivity contribution in [2.24, 2.45) is 10.1 Å². The first-order valence-electron chi connectivity index (χ1n) is 9.21. The minimum absolute atomic E-state index is 0. The van der Waals surface area contributed by atoms with Gasteiger partial charge in [-0.1, -0.05) is 24.3 Å². The number of primary sulfonamides is 1. The molecule has 0 radical (unpaired) electrons. The van der Waals surface area contributed by atoms with Crippen LogP contribution in [0.2, 0.25) is 0 Å². The van der Waals surface area contributed by atoms with Crippen LogP contribution < -0.4 is 20.7 Å². The van der Waals surface area contributed by atoms with E-state index in [0.29, 0.717) is 12.5 Å². The van der Waals surface area contributed by atoms with Crippen LogP contribution in [0.3, 0.4) is 0 Å². The monoisotopic (exact) mass is 531 g/mol. The van der Waals surface area contributed by atoms with Crippen molar-refractivity contribution < 1.29 is 8.42 Å². The van der Waals surface area contributed by atoms with Gasteiger partial charge in [-0.15, -0.1) is 24.0 Å². The highest BCUT2D eigenvalue weighted by molar-refractivity contribution is 14.0. The number of nitrogens with zero attached hydrogens (tertiary/aromatic N) is 2. The lowest BCUT2D eigenvalue weighted by atomic mass is 10.2. The minimum atomic E-state index is -3.67. The second kappa shape index (κ2) is 12.0. The Hall–Kier alpha value is -1.85. The Bertz CT molecular complexity index is 901. The fourth-order valence-corrected chi connectivity index (χ4v) is 3.32. The van der Waals surface area contributed by atoms with E-state index in [1.165, 1.54) is 23.4 Å². The normalized spacial score (nSPS) is 11.5. The van der Waals surface area contributed by atoms with E-state index in [0.717, 1.165) is 25.2 Å². The van der Waals surface area contributed by atoms with Gasteiger partial charge in [-0.3, -0.25) is 4.99 Å². The van der Waals surface area contributed by atoms with Crippen LogP contribution >= 0.6 is 24.0 Å². The van der Waals surface area contributed by atoms with E-state index in [1.807, 2.05) is 0 Å². The highest BCUT2D eigenvalue weighted by atomic mass is 127. The van der Waals surface area contributed by atoms with Crippen molar-refractivity contribution in [1.29, 1.82) is 0 Å². The molecular formula is C20H30IN5O2S. The number of sulfonamides is 1. The van der Waals surface area contributed by atoms with E-state index >= 15 is 0 Å². The Morgan fingerprint density at radius 3 is 2.38 bits per heavy atom. The summed E-state index contributed by atoms with van der Waals surface area (Å²) in [4.78, 5) is 6.64. The molecule has 0 fully saturated rings. The first-order valence-corrected chi connectivity index (χ1v) is 10.8. The number of guanidine groups is 1. The molecule has 0 aliphatic heterocycles. The van der Waals surface area contributed by atoms with Gasteiger partial charge in [0.05, 0.1) is 4.90 Å². The Labute approximate surface area is 190 Å². The maximum Gasteiger partial charge on any atom is 0.238 e. The molecule has 0 aromatic heterocycles. The first kappa shape index (κ1) is 25.2. The molecule has 0 unspecified atom stereocenters. The van der Waals surface area contributed by atoms with Crippen molar-refractivity contribution in [1.82, 2.24) is 10.6 Å². The van der Waals surface area contributed by atoms with Crippen LogP contribution in [0.4, 0.5) is 5.69 Å². The molecule has 0 saturated heterocycles. The van der Waals surface area contributed by atoms with Crippen LogP contribution in [-0.2, 0) is 16.6 Å². The van der Waals surface area contributed by atoms with Crippen molar-refractivity contribution in [3.63, 3.8) is 0 Å². The Morgan fingerprint density at radius 1 is 1.14 bits per heavy atom. The summed E-state index contributed by atoms with van der Waals surface area (Å²) in [5.41, 5.74) is 3.39. The molecule has 160 valence electrons. The predicted octanol–water partition coefficient (Wildman–Crippen LogP) is 2.45. The zero-order valence-corrected chi connectivity index (χ0v) is 20.2. The maximum absolute atomic E-state index is 11.3. The van der Waals surface area contributed by atoms with Gasteiger partial charge < -0.3 is 15.5 Å². The van der Waals surface area contributed by atoms with Gasteiger partial charge >= 0.3 is 0 Å². The molecule has 4 N–H and O–H groups in total. The first-order chi connectivity index (χ1) is 13.3. The molecule has 29 heavy (non-hydrogen) atoms. The molecule has 0 aliphatic rings. The predicted molar refractivity (Wildman–Crippen MR) is 130 cm³/mol. The Balaban J connectivity index is 0.00000420. The number of hydrogen-bond donors (Lipinski definition) is 3. The maximum atomic E-state index is 11.3. The third-order valence-corrected chi connectivity index (χ3v) is 5.29. The average molecular weight is 531 g/mol. The minimum Gasteiger partial charge on any atom is -0.370 e. The molecule has 9 heteroatoms. The molecule has 7 nitrogen and oxygen atoms in total. The summed E-state index contributed by atoms with van der Waals surface area (Å²) in [6.07, 6.45) is 0. The lowest BCUT2D eigenvalue weighted by Gasteiger charge is -2.24. The van der Waals surface area contributed by atoms with Crippen molar-refractivity contribution in [2.45, 2.75) is 25.3 Å². The molecule has 0 heterocycles. The largest absolute Gasteiger partial charge is 0.370 e. The van der Waals surface area contributed by atoms with Crippen LogP contribution in [0.1, 0.15) is 18.1 Å². The van der Waals surface area contributed by atoms with E-state index in [4.69, 9.17) is 5.14 Å². The van der Waals surface area contributed by atoms with E-state index in [2.05, 4.69) is 58.6 Å². The van der Waals surface area contributed by atoms with Gasteiger partial charge in [0.1, 0.15) is 0 Å². The molecule has 2 aromatic rings. The molecule has 2 aromatic carbocycles. The van der Waals surface area contributed by atoms with E-state index < -0.39 is 10.0 Å². The van der Waals surface area contributed by atoms with Gasteiger partial charge in [-0.25, -0.2) is 13.6 Å². The Morgan fingerprint density at radius 2 is 1.83 bits per heavy atom. The number of anilines is 1. The highest BCUT2D eigenvalue weighted by Crippen LogP contribution is 2.15. The summed E-state index contributed by atoms with van der Waals surface area (Å²) in [5.74, 6) is 0.691. The number of benzene rings is 2. The summed E-state index contributed by atoms with van der Waals surface area (Å²) in [6.45, 7) is 7.28. The number of hydrogen-bond acceptors (Lipinski definition) is 4. The summed E-state index contributed by atoms with van der Waals surface area (Å²) < 4.78 is 22.6. The summed E-state index contributed by atoms with van der Waals surface area (Å²) in [6, 6.07) is 14.9. The Kier molecular flexibility index (Phi) is 10.4. The summed E-state index contributed by atoms with van der Waals surface area (Å²) in [5, 5.41) is 11.6. The van der Waals surface area contributed by atoms with Gasteiger partial charge in [0.25, 0.3) is 0 Å². The van der Waals surface area contributed by atoms with Crippen LogP contribution in [0.5, 0.6) is 0 Å². The quantitative estimate of drug-likeness (QED) is 0.276. The molecule has 0 saturated carbocycles. The smallest absolute Gasteiger partial charge is 0.238 e. The van der Waals surface area contributed by atoms with Crippen molar-refractivity contribution in [3.05, 3.63) is 59.7 Å². The molecule has 2 rings (SSSR count). The number of nitrogens with one attached hydrogen (secondary N) is 2. The highest BCUT2D eigenvalue weighted by Gasteiger charge is 2.07. The standard InChI is InChI=1S/C20H29N5O2S.HI/c1-4-25(18-7-5-6-16(2)14-18)13-12-23-20(22-3)24-15-17-8-10-19(11-9-17)28(21,26)27;/h5-11,14H,4,12-13,15H2,1-3H3,(H2,21,26,27)(H2,22,23,24);1H. The summed E-state index contributed by atoms with van der Waals surface area (Å²) in [7, 11) is -1.95. The lowest BCUT2D eigenvalue weighted by Crippen LogP contribution is -2.41. The van der Waals surface area contributed by atoms with Crippen LogP contribution in [-0.4, -0.2) is 41.1 Å². The third-order valence-electron chi connectivity index (χ3n) is 4.36. The molecule has 0 aliphatic carbocycles. The molecule has 0 spiro atoms. The van der Waals surface area contributed by atoms with Gasteiger partial charge in [-0.05, 0) is 49.2 Å². The van der Waals surface area contributed by atoms with Gasteiger partial charge in [0.2, 0.25) is 10.0 Å².